The van der Waals surface area contributed by atoms with Gasteiger partial charge in [0.15, 0.2) is 23.0 Å². The molecular formula is C16H17NO6S. The molecule has 2 heterocycles. The van der Waals surface area contributed by atoms with Crippen LogP contribution in [0.3, 0.4) is 0 Å². The van der Waals surface area contributed by atoms with Gasteiger partial charge in [-0.1, -0.05) is 0 Å². The lowest BCUT2D eigenvalue weighted by Crippen LogP contribution is -2.07. The van der Waals surface area contributed by atoms with Crippen molar-refractivity contribution in [2.45, 2.75) is 0 Å². The van der Waals surface area contributed by atoms with Crippen LogP contribution in [-0.4, -0.2) is 36.9 Å². The SMILES string of the molecule is COC1=C2C=C(Nc3ccc(OC)c(OC)c3)C(=C1OC)S2(=O)=O. The fourth-order valence-electron chi connectivity index (χ4n) is 2.72. The molecule has 1 aromatic rings. The second-order valence-corrected chi connectivity index (χ2v) is 6.87. The minimum atomic E-state index is -3.61. The average molecular weight is 351 g/mol. The van der Waals surface area contributed by atoms with Gasteiger partial charge in [0.05, 0.1) is 34.1 Å². The summed E-state index contributed by atoms with van der Waals surface area (Å²) in [5, 5.41) is 3.08. The number of anilines is 1. The van der Waals surface area contributed by atoms with Gasteiger partial charge in [-0.05, 0) is 18.2 Å². The van der Waals surface area contributed by atoms with Crippen molar-refractivity contribution >= 4 is 15.5 Å². The number of hydrogen-bond acceptors (Lipinski definition) is 7. The highest BCUT2D eigenvalue weighted by molar-refractivity contribution is 8.00. The first kappa shape index (κ1) is 16.3. The van der Waals surface area contributed by atoms with Crippen LogP contribution in [0.1, 0.15) is 0 Å². The Balaban J connectivity index is 2.01. The van der Waals surface area contributed by atoms with Gasteiger partial charge in [-0.3, -0.25) is 0 Å². The monoisotopic (exact) mass is 351 g/mol. The maximum atomic E-state index is 12.5. The molecular weight excluding hydrogens is 334 g/mol. The number of sulfone groups is 1. The van der Waals surface area contributed by atoms with E-state index in [0.717, 1.165) is 0 Å². The van der Waals surface area contributed by atoms with E-state index < -0.39 is 9.84 Å². The van der Waals surface area contributed by atoms with Crippen molar-refractivity contribution in [2.24, 2.45) is 0 Å². The Morgan fingerprint density at radius 1 is 0.875 bits per heavy atom. The van der Waals surface area contributed by atoms with Crippen molar-refractivity contribution in [2.75, 3.05) is 33.8 Å². The van der Waals surface area contributed by atoms with Crippen LogP contribution in [0, 0.1) is 0 Å². The quantitative estimate of drug-likeness (QED) is 0.841. The Morgan fingerprint density at radius 2 is 1.54 bits per heavy atom. The molecule has 0 saturated carbocycles. The third kappa shape index (κ3) is 2.22. The molecule has 0 aliphatic carbocycles. The molecule has 7 nitrogen and oxygen atoms in total. The van der Waals surface area contributed by atoms with E-state index in [2.05, 4.69) is 5.32 Å². The Kier molecular flexibility index (Phi) is 3.92. The predicted octanol–water partition coefficient (Wildman–Crippen LogP) is 2.16. The van der Waals surface area contributed by atoms with Gasteiger partial charge in [0.25, 0.3) is 0 Å². The normalized spacial score (nSPS) is 17.8. The molecule has 0 unspecified atom stereocenters. The molecule has 24 heavy (non-hydrogen) atoms. The van der Waals surface area contributed by atoms with Crippen LogP contribution in [0.15, 0.2) is 51.3 Å². The van der Waals surface area contributed by atoms with Crippen LogP contribution in [0.25, 0.3) is 0 Å². The molecule has 1 aromatic carbocycles. The zero-order valence-electron chi connectivity index (χ0n) is 13.7. The Labute approximate surface area is 140 Å². The molecule has 0 saturated heterocycles. The highest BCUT2D eigenvalue weighted by Gasteiger charge is 2.46. The second kappa shape index (κ2) is 5.79. The first-order valence-corrected chi connectivity index (χ1v) is 8.49. The fourth-order valence-corrected chi connectivity index (χ4v) is 4.45. The van der Waals surface area contributed by atoms with Gasteiger partial charge in [0.1, 0.15) is 9.81 Å². The molecule has 0 spiro atoms. The van der Waals surface area contributed by atoms with E-state index in [1.807, 2.05) is 0 Å². The van der Waals surface area contributed by atoms with Crippen LogP contribution >= 0.6 is 0 Å². The Bertz CT molecular complexity index is 895. The van der Waals surface area contributed by atoms with E-state index in [1.54, 1.807) is 25.3 Å². The van der Waals surface area contributed by atoms with Crippen LogP contribution in [-0.2, 0) is 19.3 Å². The van der Waals surface area contributed by atoms with Crippen molar-refractivity contribution in [3.63, 3.8) is 0 Å². The molecule has 2 aliphatic heterocycles. The number of allylic oxidation sites excluding steroid dienone is 1. The summed E-state index contributed by atoms with van der Waals surface area (Å²) in [5.41, 5.74) is 1.08. The number of fused-ring (bicyclic) bond motifs is 2. The topological polar surface area (TPSA) is 83.1 Å². The van der Waals surface area contributed by atoms with Gasteiger partial charge in [-0.25, -0.2) is 8.42 Å². The first-order valence-electron chi connectivity index (χ1n) is 7.01. The molecule has 3 rings (SSSR count). The van der Waals surface area contributed by atoms with Gasteiger partial charge in [-0.15, -0.1) is 0 Å². The molecule has 0 atom stereocenters. The number of rotatable bonds is 6. The largest absolute Gasteiger partial charge is 0.493 e. The van der Waals surface area contributed by atoms with E-state index in [-0.39, 0.29) is 21.3 Å². The standard InChI is InChI=1S/C16H17NO6S/c1-20-11-6-5-9(7-12(11)21-2)17-10-8-13-14(22-3)15(23-4)16(10)24(13,18)19/h5-8,17H,1-4H3. The molecule has 0 fully saturated rings. The fraction of sp³-hybridized carbons (Fsp3) is 0.250. The Morgan fingerprint density at radius 3 is 2.12 bits per heavy atom. The van der Waals surface area contributed by atoms with Crippen molar-refractivity contribution in [3.05, 3.63) is 51.3 Å². The lowest BCUT2D eigenvalue weighted by molar-refractivity contribution is 0.219. The van der Waals surface area contributed by atoms with Crippen molar-refractivity contribution < 1.29 is 27.4 Å². The van der Waals surface area contributed by atoms with E-state index in [4.69, 9.17) is 18.9 Å². The lowest BCUT2D eigenvalue weighted by Gasteiger charge is -2.15. The van der Waals surface area contributed by atoms with Crippen molar-refractivity contribution in [3.8, 4) is 11.5 Å². The molecule has 1 N–H and O–H groups in total. The molecule has 2 bridgehead atoms. The summed E-state index contributed by atoms with van der Waals surface area (Å²) in [6.45, 7) is 0. The summed E-state index contributed by atoms with van der Waals surface area (Å²) >= 11 is 0. The van der Waals surface area contributed by atoms with Gasteiger partial charge in [0, 0.05) is 11.8 Å². The van der Waals surface area contributed by atoms with Gasteiger partial charge in [0.2, 0.25) is 9.84 Å². The molecule has 0 aromatic heterocycles. The summed E-state index contributed by atoms with van der Waals surface area (Å²) in [7, 11) is 2.28. The molecule has 128 valence electrons. The number of nitrogens with one attached hydrogen (secondary N) is 1. The number of hydrogen-bond donors (Lipinski definition) is 1. The summed E-state index contributed by atoms with van der Waals surface area (Å²) < 4.78 is 45.8. The first-order chi connectivity index (χ1) is 11.5. The molecule has 8 heteroatoms. The third-order valence-electron chi connectivity index (χ3n) is 3.79. The highest BCUT2D eigenvalue weighted by Crippen LogP contribution is 2.47. The van der Waals surface area contributed by atoms with Gasteiger partial charge < -0.3 is 24.3 Å². The average Bonchev–Trinajstić information content (AvgIpc) is 2.96. The van der Waals surface area contributed by atoms with E-state index >= 15 is 0 Å². The number of benzene rings is 1. The number of methoxy groups -OCH3 is 4. The molecule has 0 radical (unpaired) electrons. The summed E-state index contributed by atoms with van der Waals surface area (Å²) in [6.07, 6.45) is 1.53. The van der Waals surface area contributed by atoms with E-state index in [0.29, 0.717) is 22.9 Å². The van der Waals surface area contributed by atoms with Crippen LogP contribution < -0.4 is 14.8 Å². The second-order valence-electron chi connectivity index (χ2n) is 5.02. The summed E-state index contributed by atoms with van der Waals surface area (Å²) in [6, 6.07) is 5.21. The maximum Gasteiger partial charge on any atom is 0.216 e. The lowest BCUT2D eigenvalue weighted by atomic mass is 10.2. The van der Waals surface area contributed by atoms with E-state index in [9.17, 15) is 8.42 Å². The minimum absolute atomic E-state index is 0.0756. The van der Waals surface area contributed by atoms with Crippen molar-refractivity contribution in [1.29, 1.82) is 0 Å². The van der Waals surface area contributed by atoms with Crippen LogP contribution in [0.4, 0.5) is 5.69 Å². The molecule has 0 amide bonds. The zero-order chi connectivity index (χ0) is 17.5. The molecule has 2 aliphatic rings. The van der Waals surface area contributed by atoms with Crippen molar-refractivity contribution in [1.82, 2.24) is 0 Å². The highest BCUT2D eigenvalue weighted by atomic mass is 32.2. The van der Waals surface area contributed by atoms with Crippen LogP contribution in [0.2, 0.25) is 0 Å². The zero-order valence-corrected chi connectivity index (χ0v) is 14.5. The van der Waals surface area contributed by atoms with Gasteiger partial charge in [-0.2, -0.15) is 0 Å². The number of ether oxygens (including phenoxy) is 4. The minimum Gasteiger partial charge on any atom is -0.493 e. The predicted molar refractivity (Wildman–Crippen MR) is 88.2 cm³/mol. The van der Waals surface area contributed by atoms with Crippen LogP contribution in [0.5, 0.6) is 11.5 Å². The maximum absolute atomic E-state index is 12.5. The summed E-state index contributed by atoms with van der Waals surface area (Å²) in [4.78, 5) is 0.173. The summed E-state index contributed by atoms with van der Waals surface area (Å²) in [5.74, 6) is 1.55. The van der Waals surface area contributed by atoms with E-state index in [1.165, 1.54) is 27.4 Å². The third-order valence-corrected chi connectivity index (χ3v) is 5.61. The van der Waals surface area contributed by atoms with Gasteiger partial charge >= 0.3 is 0 Å². The Hall–Kier alpha value is -2.61. The smallest absolute Gasteiger partial charge is 0.216 e.